The smallest absolute Gasteiger partial charge is 0.304 e. The van der Waals surface area contributed by atoms with Crippen LogP contribution in [0.3, 0.4) is 0 Å². The second-order valence-electron chi connectivity index (χ2n) is 2.65. The molecule has 2 N–H and O–H groups in total. The van der Waals surface area contributed by atoms with Gasteiger partial charge in [0.15, 0.2) is 0 Å². The van der Waals surface area contributed by atoms with Crippen LogP contribution in [0.15, 0.2) is 0 Å². The van der Waals surface area contributed by atoms with E-state index in [4.69, 9.17) is 34.6 Å². The average molecular weight is 363 g/mol. The first-order chi connectivity index (χ1) is 8.41. The lowest BCUT2D eigenvalue weighted by molar-refractivity contribution is -0.137. The van der Waals surface area contributed by atoms with Crippen LogP contribution < -0.4 is 0 Å². The van der Waals surface area contributed by atoms with Crippen molar-refractivity contribution in [2.45, 2.75) is 12.8 Å². The van der Waals surface area contributed by atoms with E-state index in [1.54, 1.807) is 0 Å². The molecule has 0 aliphatic carbocycles. The standard InChI is InChI=1S/C8H10O4S6/c9-5(10)1-3-15-7(13)17-18-8(14)16-4-2-6(11)12/h1-4H2,(H,9,10)(H,11,12). The second-order valence-corrected chi connectivity index (χ2v) is 9.38. The summed E-state index contributed by atoms with van der Waals surface area (Å²) in [6.45, 7) is 0. The van der Waals surface area contributed by atoms with Crippen LogP contribution in [0.5, 0.6) is 0 Å². The zero-order valence-electron chi connectivity index (χ0n) is 8.99. The maximum atomic E-state index is 10.3. The number of thioether (sulfide) groups is 2. The number of hydrogen-bond acceptors (Lipinski definition) is 8. The Balaban J connectivity index is 3.56. The molecule has 0 saturated heterocycles. The molecule has 4 nitrogen and oxygen atoms in total. The molecule has 102 valence electrons. The molecule has 0 aliphatic rings. The Morgan fingerprint density at radius 2 is 1.17 bits per heavy atom. The third kappa shape index (κ3) is 13.0. The van der Waals surface area contributed by atoms with Crippen molar-refractivity contribution < 1.29 is 19.8 Å². The van der Waals surface area contributed by atoms with Gasteiger partial charge in [-0.25, -0.2) is 0 Å². The number of aliphatic carboxylic acids is 2. The van der Waals surface area contributed by atoms with Gasteiger partial charge in [0.25, 0.3) is 0 Å². The highest BCUT2D eigenvalue weighted by molar-refractivity contribution is 8.96. The number of hydrogen-bond donors (Lipinski definition) is 2. The molecule has 18 heavy (non-hydrogen) atoms. The highest BCUT2D eigenvalue weighted by Gasteiger charge is 2.06. The molecule has 0 fully saturated rings. The van der Waals surface area contributed by atoms with Crippen LogP contribution in [-0.2, 0) is 9.59 Å². The fourth-order valence-corrected chi connectivity index (χ4v) is 5.47. The Labute approximate surface area is 132 Å². The second kappa shape index (κ2) is 11.4. The van der Waals surface area contributed by atoms with Crippen molar-refractivity contribution in [2.75, 3.05) is 11.5 Å². The Morgan fingerprint density at radius 1 is 0.833 bits per heavy atom. The molecule has 0 atom stereocenters. The summed E-state index contributed by atoms with van der Waals surface area (Å²) in [7, 11) is 2.61. The molecule has 0 spiro atoms. The summed E-state index contributed by atoms with van der Waals surface area (Å²) >= 11 is 12.7. The van der Waals surface area contributed by atoms with Gasteiger partial charge in [0.2, 0.25) is 0 Å². The van der Waals surface area contributed by atoms with E-state index >= 15 is 0 Å². The number of carboxylic acids is 2. The molecule has 0 saturated carbocycles. The van der Waals surface area contributed by atoms with Crippen molar-refractivity contribution in [3.63, 3.8) is 0 Å². The molecule has 0 aromatic rings. The summed E-state index contributed by atoms with van der Waals surface area (Å²) < 4.78 is 1.25. The molecule has 0 bridgehead atoms. The first kappa shape index (κ1) is 18.5. The molecule has 0 aliphatic heterocycles. The fourth-order valence-electron chi connectivity index (χ4n) is 0.560. The molecule has 0 aromatic heterocycles. The van der Waals surface area contributed by atoms with Crippen LogP contribution in [0.2, 0.25) is 0 Å². The molecule has 0 radical (unpaired) electrons. The summed E-state index contributed by atoms with van der Waals surface area (Å²) in [6.07, 6.45) is 0.154. The van der Waals surface area contributed by atoms with Crippen molar-refractivity contribution in [1.29, 1.82) is 0 Å². The summed E-state index contributed by atoms with van der Waals surface area (Å²) in [6, 6.07) is 0. The van der Waals surface area contributed by atoms with Gasteiger partial charge >= 0.3 is 11.9 Å². The SMILES string of the molecule is O=C(O)CCSC(=S)SSC(=S)SCCC(=O)O. The van der Waals surface area contributed by atoms with Gasteiger partial charge in [-0.3, -0.25) is 9.59 Å². The van der Waals surface area contributed by atoms with E-state index < -0.39 is 11.9 Å². The molecule has 10 heteroatoms. The minimum atomic E-state index is -0.845. The van der Waals surface area contributed by atoms with Gasteiger partial charge in [0.1, 0.15) is 7.06 Å². The van der Waals surface area contributed by atoms with E-state index in [0.717, 1.165) is 0 Å². The summed E-state index contributed by atoms with van der Waals surface area (Å²) in [5, 5.41) is 16.9. The van der Waals surface area contributed by atoms with Crippen molar-refractivity contribution in [3.8, 4) is 0 Å². The van der Waals surface area contributed by atoms with Crippen LogP contribution in [-0.4, -0.2) is 40.7 Å². The van der Waals surface area contributed by atoms with Crippen LogP contribution in [0.1, 0.15) is 12.8 Å². The van der Waals surface area contributed by atoms with Crippen LogP contribution in [0.4, 0.5) is 0 Å². The maximum absolute atomic E-state index is 10.3. The predicted molar refractivity (Wildman–Crippen MR) is 89.8 cm³/mol. The Kier molecular flexibility index (Phi) is 11.7. The topological polar surface area (TPSA) is 74.6 Å². The highest BCUT2D eigenvalue weighted by Crippen LogP contribution is 2.34. The van der Waals surface area contributed by atoms with E-state index in [9.17, 15) is 9.59 Å². The number of thiocarbonyl (C=S) groups is 2. The van der Waals surface area contributed by atoms with Gasteiger partial charge < -0.3 is 10.2 Å². The predicted octanol–water partition coefficient (Wildman–Crippen LogP) is 3.35. The Bertz CT molecular complexity index is 300. The molecule has 0 heterocycles. The Morgan fingerprint density at radius 3 is 1.44 bits per heavy atom. The van der Waals surface area contributed by atoms with Gasteiger partial charge in [-0.05, 0) is 21.6 Å². The lowest BCUT2D eigenvalue weighted by Crippen LogP contribution is -1.97. The van der Waals surface area contributed by atoms with E-state index in [2.05, 4.69) is 0 Å². The maximum Gasteiger partial charge on any atom is 0.304 e. The average Bonchev–Trinajstić information content (AvgIpc) is 2.25. The first-order valence-corrected chi connectivity index (χ1v) is 9.47. The molecular weight excluding hydrogens is 352 g/mol. The van der Waals surface area contributed by atoms with E-state index in [1.807, 2.05) is 0 Å². The molecule has 0 amide bonds. The van der Waals surface area contributed by atoms with Gasteiger partial charge in [-0.1, -0.05) is 24.4 Å². The number of carboxylic acid groups (broad SMARTS) is 2. The van der Waals surface area contributed by atoms with Crippen LogP contribution in [0.25, 0.3) is 0 Å². The van der Waals surface area contributed by atoms with Gasteiger partial charge in [-0.2, -0.15) is 0 Å². The molecule has 0 aromatic carbocycles. The summed E-state index contributed by atoms with van der Waals surface area (Å²) in [5.74, 6) is -0.799. The lowest BCUT2D eigenvalue weighted by atomic mass is 10.5. The highest BCUT2D eigenvalue weighted by atomic mass is 33.1. The van der Waals surface area contributed by atoms with Crippen LogP contribution in [0, 0.1) is 0 Å². The van der Waals surface area contributed by atoms with E-state index in [0.29, 0.717) is 18.6 Å². The lowest BCUT2D eigenvalue weighted by Gasteiger charge is -2.02. The monoisotopic (exact) mass is 362 g/mol. The largest absolute Gasteiger partial charge is 0.481 e. The molecule has 0 rings (SSSR count). The van der Waals surface area contributed by atoms with Crippen LogP contribution >= 0.6 is 69.5 Å². The normalized spacial score (nSPS) is 10.0. The minimum Gasteiger partial charge on any atom is -0.481 e. The molecular formula is C8H10O4S6. The van der Waals surface area contributed by atoms with Crippen molar-refractivity contribution >= 4 is 88.5 Å². The third-order valence-electron chi connectivity index (χ3n) is 1.25. The van der Waals surface area contributed by atoms with E-state index in [-0.39, 0.29) is 12.8 Å². The van der Waals surface area contributed by atoms with Gasteiger partial charge in [-0.15, -0.1) is 23.5 Å². The Hall–Kier alpha value is 0.520. The zero-order chi connectivity index (χ0) is 14.0. The van der Waals surface area contributed by atoms with Crippen molar-refractivity contribution in [2.24, 2.45) is 0 Å². The molecule has 0 unspecified atom stereocenters. The quantitative estimate of drug-likeness (QED) is 0.542. The summed E-state index contributed by atoms with van der Waals surface area (Å²) in [5.41, 5.74) is 0. The summed E-state index contributed by atoms with van der Waals surface area (Å²) in [4.78, 5) is 20.6. The van der Waals surface area contributed by atoms with Gasteiger partial charge in [0.05, 0.1) is 12.8 Å². The van der Waals surface area contributed by atoms with Gasteiger partial charge in [0, 0.05) is 11.5 Å². The minimum absolute atomic E-state index is 0.0772. The third-order valence-corrected chi connectivity index (χ3v) is 7.82. The van der Waals surface area contributed by atoms with Crippen molar-refractivity contribution in [1.82, 2.24) is 0 Å². The number of carbonyl (C=O) groups is 2. The van der Waals surface area contributed by atoms with E-state index in [1.165, 1.54) is 45.1 Å². The fraction of sp³-hybridized carbons (Fsp3) is 0.500. The first-order valence-electron chi connectivity index (χ1n) is 4.53. The van der Waals surface area contributed by atoms with Crippen molar-refractivity contribution in [3.05, 3.63) is 0 Å². The zero-order valence-corrected chi connectivity index (χ0v) is 13.9. The number of rotatable bonds is 6.